The van der Waals surface area contributed by atoms with Crippen LogP contribution in [0.2, 0.25) is 0 Å². The van der Waals surface area contributed by atoms with Crippen LogP contribution in [0.1, 0.15) is 115 Å². The molecule has 0 atom stereocenters. The van der Waals surface area contributed by atoms with E-state index in [4.69, 9.17) is 9.15 Å². The minimum Gasteiger partial charge on any atom is -0.426 e. The second kappa shape index (κ2) is 14.9. The third kappa shape index (κ3) is 8.80. The van der Waals surface area contributed by atoms with Crippen molar-refractivity contribution >= 4 is 16.9 Å². The summed E-state index contributed by atoms with van der Waals surface area (Å²) in [6.45, 7) is 6.13. The molecular formula is C28H42O4. The number of unbranched alkanes of at least 4 members (excludes halogenated alkanes) is 12. The Kier molecular flexibility index (Phi) is 12.2. The van der Waals surface area contributed by atoms with Crippen LogP contribution >= 0.6 is 0 Å². The standard InChI is InChI=1S/C28H42O4/c1-4-6-7-8-9-10-11-12-13-14-15-16-17-18-27(29)31-23-19-20-25-22(3)24(5-2)28(30)32-26(25)21-23/h19-21H,4-18H2,1-3H3. The minimum atomic E-state index is -0.312. The van der Waals surface area contributed by atoms with Crippen molar-refractivity contribution in [3.63, 3.8) is 0 Å². The molecule has 32 heavy (non-hydrogen) atoms. The maximum Gasteiger partial charge on any atom is 0.339 e. The normalized spacial score (nSPS) is 11.2. The van der Waals surface area contributed by atoms with E-state index < -0.39 is 0 Å². The van der Waals surface area contributed by atoms with E-state index in [2.05, 4.69) is 6.92 Å². The van der Waals surface area contributed by atoms with Crippen LogP contribution < -0.4 is 10.4 Å². The smallest absolute Gasteiger partial charge is 0.339 e. The quantitative estimate of drug-likeness (QED) is 0.114. The van der Waals surface area contributed by atoms with Gasteiger partial charge in [0, 0.05) is 23.4 Å². The molecule has 0 saturated carbocycles. The summed E-state index contributed by atoms with van der Waals surface area (Å²) in [6, 6.07) is 5.28. The summed E-state index contributed by atoms with van der Waals surface area (Å²) >= 11 is 0. The Hall–Kier alpha value is -2.10. The zero-order valence-corrected chi connectivity index (χ0v) is 20.5. The van der Waals surface area contributed by atoms with Crippen molar-refractivity contribution in [2.75, 3.05) is 0 Å². The van der Waals surface area contributed by atoms with Gasteiger partial charge in [-0.1, -0.05) is 90.9 Å². The lowest BCUT2D eigenvalue weighted by Crippen LogP contribution is -2.10. The molecule has 0 saturated heterocycles. The van der Waals surface area contributed by atoms with Crippen molar-refractivity contribution in [2.24, 2.45) is 0 Å². The fraction of sp³-hybridized carbons (Fsp3) is 0.643. The van der Waals surface area contributed by atoms with Crippen LogP contribution in [0.4, 0.5) is 0 Å². The highest BCUT2D eigenvalue weighted by Crippen LogP contribution is 2.25. The summed E-state index contributed by atoms with van der Waals surface area (Å²) in [5.41, 5.74) is 1.79. The van der Waals surface area contributed by atoms with E-state index in [0.29, 0.717) is 29.7 Å². The number of ether oxygens (including phenoxy) is 1. The van der Waals surface area contributed by atoms with Gasteiger partial charge in [-0.2, -0.15) is 0 Å². The lowest BCUT2D eigenvalue weighted by molar-refractivity contribution is -0.134. The molecule has 0 aliphatic carbocycles. The number of hydrogen-bond acceptors (Lipinski definition) is 4. The van der Waals surface area contributed by atoms with Crippen LogP contribution in [0, 0.1) is 6.92 Å². The third-order valence-corrected chi connectivity index (χ3v) is 6.33. The van der Waals surface area contributed by atoms with Crippen molar-refractivity contribution in [1.82, 2.24) is 0 Å². The Labute approximate surface area is 193 Å². The molecule has 0 N–H and O–H groups in total. The predicted molar refractivity (Wildman–Crippen MR) is 133 cm³/mol. The first-order valence-electron chi connectivity index (χ1n) is 12.8. The van der Waals surface area contributed by atoms with E-state index in [9.17, 15) is 9.59 Å². The molecule has 0 aliphatic heterocycles. The predicted octanol–water partition coefficient (Wildman–Crippen LogP) is 8.05. The second-order valence-electron chi connectivity index (χ2n) is 8.97. The molecule has 0 unspecified atom stereocenters. The van der Waals surface area contributed by atoms with Gasteiger partial charge in [0.05, 0.1) is 0 Å². The van der Waals surface area contributed by atoms with Crippen molar-refractivity contribution in [1.29, 1.82) is 0 Å². The van der Waals surface area contributed by atoms with Crippen LogP contribution in [0.25, 0.3) is 11.0 Å². The average Bonchev–Trinajstić information content (AvgIpc) is 2.77. The van der Waals surface area contributed by atoms with Crippen molar-refractivity contribution in [3.05, 3.63) is 39.7 Å². The Balaban J connectivity index is 1.59. The van der Waals surface area contributed by atoms with Gasteiger partial charge in [-0.25, -0.2) is 4.79 Å². The van der Waals surface area contributed by atoms with Crippen molar-refractivity contribution in [3.8, 4) is 5.75 Å². The number of esters is 1. The maximum absolute atomic E-state index is 12.2. The first-order chi connectivity index (χ1) is 15.6. The molecule has 0 bridgehead atoms. The number of aryl methyl sites for hydroxylation is 1. The number of carbonyl (C=O) groups is 1. The fourth-order valence-electron chi connectivity index (χ4n) is 4.32. The van der Waals surface area contributed by atoms with Crippen LogP contribution in [0.3, 0.4) is 0 Å². The van der Waals surface area contributed by atoms with Crippen molar-refractivity contribution < 1.29 is 13.9 Å². The number of carbonyl (C=O) groups excluding carboxylic acids is 1. The molecule has 1 heterocycles. The second-order valence-corrected chi connectivity index (χ2v) is 8.97. The maximum atomic E-state index is 12.2. The summed E-state index contributed by atoms with van der Waals surface area (Å²) in [6.07, 6.45) is 17.7. The number of rotatable bonds is 16. The topological polar surface area (TPSA) is 56.5 Å². The van der Waals surface area contributed by atoms with Crippen LogP contribution in [-0.2, 0) is 11.2 Å². The summed E-state index contributed by atoms with van der Waals surface area (Å²) in [5.74, 6) is 0.209. The van der Waals surface area contributed by atoms with Crippen molar-refractivity contribution in [2.45, 2.75) is 117 Å². The van der Waals surface area contributed by atoms with Crippen LogP contribution in [0.15, 0.2) is 27.4 Å². The van der Waals surface area contributed by atoms with Gasteiger partial charge in [0.25, 0.3) is 0 Å². The summed E-state index contributed by atoms with van der Waals surface area (Å²) in [7, 11) is 0. The number of fused-ring (bicyclic) bond motifs is 1. The number of hydrogen-bond donors (Lipinski definition) is 0. The summed E-state index contributed by atoms with van der Waals surface area (Å²) in [5, 5.41) is 0.887. The highest BCUT2D eigenvalue weighted by molar-refractivity contribution is 5.83. The van der Waals surface area contributed by atoms with Gasteiger partial charge in [-0.05, 0) is 37.5 Å². The van der Waals surface area contributed by atoms with E-state index in [1.807, 2.05) is 19.9 Å². The highest BCUT2D eigenvalue weighted by Gasteiger charge is 2.12. The Morgan fingerprint density at radius 2 is 1.41 bits per heavy atom. The van der Waals surface area contributed by atoms with Crippen LogP contribution in [0.5, 0.6) is 5.75 Å². The fourth-order valence-corrected chi connectivity index (χ4v) is 4.32. The highest BCUT2D eigenvalue weighted by atomic mass is 16.5. The van der Waals surface area contributed by atoms with E-state index in [0.717, 1.165) is 23.8 Å². The lowest BCUT2D eigenvalue weighted by Gasteiger charge is -2.08. The van der Waals surface area contributed by atoms with E-state index >= 15 is 0 Å². The van der Waals surface area contributed by atoms with E-state index in [1.54, 1.807) is 12.1 Å². The number of benzene rings is 1. The summed E-state index contributed by atoms with van der Waals surface area (Å²) in [4.78, 5) is 24.3. The molecule has 1 aromatic heterocycles. The lowest BCUT2D eigenvalue weighted by atomic mass is 10.0. The molecule has 1 aromatic carbocycles. The molecule has 0 fully saturated rings. The van der Waals surface area contributed by atoms with Gasteiger partial charge < -0.3 is 9.15 Å². The monoisotopic (exact) mass is 442 g/mol. The Morgan fingerprint density at radius 3 is 1.97 bits per heavy atom. The minimum absolute atomic E-state index is 0.225. The molecule has 2 rings (SSSR count). The molecule has 178 valence electrons. The van der Waals surface area contributed by atoms with Crippen LogP contribution in [-0.4, -0.2) is 5.97 Å². The summed E-state index contributed by atoms with van der Waals surface area (Å²) < 4.78 is 10.9. The Bertz CT molecular complexity index is 881. The molecule has 4 heteroatoms. The average molecular weight is 443 g/mol. The SMILES string of the molecule is CCCCCCCCCCCCCCCC(=O)Oc1ccc2c(C)c(CC)c(=O)oc2c1. The third-order valence-electron chi connectivity index (χ3n) is 6.33. The zero-order valence-electron chi connectivity index (χ0n) is 20.5. The first-order valence-corrected chi connectivity index (χ1v) is 12.8. The molecular weight excluding hydrogens is 400 g/mol. The molecule has 0 aliphatic rings. The first kappa shape index (κ1) is 26.2. The molecule has 0 radical (unpaired) electrons. The molecule has 4 nitrogen and oxygen atoms in total. The van der Waals surface area contributed by atoms with Gasteiger partial charge >= 0.3 is 11.6 Å². The van der Waals surface area contributed by atoms with Gasteiger partial charge in [-0.3, -0.25) is 4.79 Å². The van der Waals surface area contributed by atoms with Gasteiger partial charge in [0.1, 0.15) is 11.3 Å². The van der Waals surface area contributed by atoms with E-state index in [-0.39, 0.29) is 11.6 Å². The largest absolute Gasteiger partial charge is 0.426 e. The van der Waals surface area contributed by atoms with Gasteiger partial charge in [-0.15, -0.1) is 0 Å². The van der Waals surface area contributed by atoms with Gasteiger partial charge in [0.2, 0.25) is 0 Å². The zero-order chi connectivity index (χ0) is 23.2. The molecule has 0 amide bonds. The Morgan fingerprint density at radius 1 is 0.844 bits per heavy atom. The van der Waals surface area contributed by atoms with Gasteiger partial charge in [0.15, 0.2) is 0 Å². The molecule has 0 spiro atoms. The van der Waals surface area contributed by atoms with E-state index in [1.165, 1.54) is 70.6 Å². The molecule has 2 aromatic rings.